The van der Waals surface area contributed by atoms with Crippen LogP contribution in [0.2, 0.25) is 0 Å². The lowest BCUT2D eigenvalue weighted by Gasteiger charge is -2.43. The third-order valence-electron chi connectivity index (χ3n) is 6.90. The minimum absolute atomic E-state index is 0.0716. The van der Waals surface area contributed by atoms with Crippen molar-refractivity contribution in [3.05, 3.63) is 60.3 Å². The van der Waals surface area contributed by atoms with Gasteiger partial charge in [0.25, 0.3) is 0 Å². The van der Waals surface area contributed by atoms with Gasteiger partial charge >= 0.3 is 0 Å². The zero-order valence-corrected chi connectivity index (χ0v) is 19.9. The summed E-state index contributed by atoms with van der Waals surface area (Å²) in [5.74, 6) is 1.78. The number of nitrogens with one attached hydrogen (secondary N) is 1. The Morgan fingerprint density at radius 3 is 2.41 bits per heavy atom. The molecule has 174 valence electrons. The van der Waals surface area contributed by atoms with Crippen LogP contribution in [0.5, 0.6) is 0 Å². The van der Waals surface area contributed by atoms with Gasteiger partial charge in [-0.05, 0) is 55.2 Å². The number of rotatable bonds is 7. The normalized spacial score (nSPS) is 29.1. The molecule has 1 aromatic carbocycles. The molecule has 1 aromatic heterocycles. The van der Waals surface area contributed by atoms with Crippen LogP contribution in [0.15, 0.2) is 54.7 Å². The van der Waals surface area contributed by atoms with Crippen molar-refractivity contribution in [3.8, 4) is 0 Å². The molecule has 2 heterocycles. The van der Waals surface area contributed by atoms with E-state index in [2.05, 4.69) is 51.9 Å². The van der Waals surface area contributed by atoms with E-state index in [9.17, 15) is 8.42 Å². The van der Waals surface area contributed by atoms with Crippen molar-refractivity contribution in [2.24, 2.45) is 11.8 Å². The van der Waals surface area contributed by atoms with Crippen molar-refractivity contribution in [1.82, 2.24) is 9.71 Å². The summed E-state index contributed by atoms with van der Waals surface area (Å²) in [7, 11) is -3.29. The van der Waals surface area contributed by atoms with E-state index in [1.165, 1.54) is 11.8 Å². The summed E-state index contributed by atoms with van der Waals surface area (Å²) in [4.78, 5) is 6.76. The number of hydrogen-bond donors (Lipinski definition) is 1. The van der Waals surface area contributed by atoms with Crippen LogP contribution in [0.25, 0.3) is 0 Å². The average Bonchev–Trinajstić information content (AvgIpc) is 2.80. The summed E-state index contributed by atoms with van der Waals surface area (Å²) in [6, 6.07) is 16.5. The predicted molar refractivity (Wildman–Crippen MR) is 128 cm³/mol. The number of ether oxygens (including phenoxy) is 1. The van der Waals surface area contributed by atoms with E-state index < -0.39 is 10.0 Å². The lowest BCUT2D eigenvalue weighted by atomic mass is 9.82. The molecule has 1 aliphatic heterocycles. The van der Waals surface area contributed by atoms with Gasteiger partial charge < -0.3 is 9.64 Å². The predicted octanol–water partition coefficient (Wildman–Crippen LogP) is 3.81. The smallest absolute Gasteiger partial charge is 0.208 e. The number of nitrogens with zero attached hydrogens (tertiary/aromatic N) is 2. The second-order valence-electron chi connectivity index (χ2n) is 9.46. The molecular formula is C25H35N3O3S. The summed E-state index contributed by atoms with van der Waals surface area (Å²) >= 11 is 0. The molecule has 2 fully saturated rings. The maximum absolute atomic E-state index is 12.0. The molecule has 2 aliphatic rings. The molecule has 7 heteroatoms. The number of piperidine rings is 1. The molecule has 1 N–H and O–H groups in total. The first-order chi connectivity index (χ1) is 15.4. The molecular weight excluding hydrogens is 422 g/mol. The second-order valence-corrected chi connectivity index (χ2v) is 11.2. The third-order valence-corrected chi connectivity index (χ3v) is 7.60. The molecule has 1 unspecified atom stereocenters. The number of anilines is 1. The summed E-state index contributed by atoms with van der Waals surface area (Å²) in [5, 5.41) is 0. The molecule has 0 spiro atoms. The first-order valence-electron chi connectivity index (χ1n) is 11.7. The van der Waals surface area contributed by atoms with Crippen LogP contribution >= 0.6 is 0 Å². The van der Waals surface area contributed by atoms with Crippen molar-refractivity contribution < 1.29 is 13.2 Å². The quantitative estimate of drug-likeness (QED) is 0.685. The van der Waals surface area contributed by atoms with Crippen LogP contribution in [-0.2, 0) is 14.8 Å². The zero-order valence-electron chi connectivity index (χ0n) is 19.1. The first kappa shape index (κ1) is 23.2. The topological polar surface area (TPSA) is 71.5 Å². The van der Waals surface area contributed by atoms with E-state index >= 15 is 0 Å². The Kier molecular flexibility index (Phi) is 7.48. The van der Waals surface area contributed by atoms with E-state index in [1.54, 1.807) is 6.20 Å². The van der Waals surface area contributed by atoms with E-state index in [4.69, 9.17) is 4.74 Å². The second kappa shape index (κ2) is 10.3. The van der Waals surface area contributed by atoms with Crippen LogP contribution in [0, 0.1) is 11.8 Å². The molecule has 0 radical (unpaired) electrons. The number of benzene rings is 1. The minimum Gasteiger partial charge on any atom is -0.378 e. The highest BCUT2D eigenvalue weighted by Gasteiger charge is 2.37. The fourth-order valence-corrected chi connectivity index (χ4v) is 6.21. The van der Waals surface area contributed by atoms with Crippen LogP contribution in [0.1, 0.15) is 44.1 Å². The van der Waals surface area contributed by atoms with Gasteiger partial charge in [0.05, 0.1) is 19.0 Å². The van der Waals surface area contributed by atoms with Crippen molar-refractivity contribution in [2.45, 2.75) is 50.7 Å². The molecule has 32 heavy (non-hydrogen) atoms. The lowest BCUT2D eigenvalue weighted by Crippen LogP contribution is -2.57. The molecule has 1 aliphatic carbocycles. The van der Waals surface area contributed by atoms with E-state index in [-0.39, 0.29) is 24.0 Å². The molecule has 6 nitrogen and oxygen atoms in total. The minimum atomic E-state index is -3.29. The highest BCUT2D eigenvalue weighted by molar-refractivity contribution is 7.88. The third kappa shape index (κ3) is 6.09. The van der Waals surface area contributed by atoms with E-state index in [1.807, 2.05) is 18.2 Å². The van der Waals surface area contributed by atoms with Gasteiger partial charge in [-0.2, -0.15) is 0 Å². The zero-order chi connectivity index (χ0) is 22.6. The van der Waals surface area contributed by atoms with Crippen molar-refractivity contribution in [2.75, 3.05) is 30.9 Å². The summed E-state index contributed by atoms with van der Waals surface area (Å²) in [6.45, 7) is 4.16. The number of sulfonamides is 1. The monoisotopic (exact) mass is 457 g/mol. The lowest BCUT2D eigenvalue weighted by molar-refractivity contribution is -0.00624. The molecule has 1 saturated heterocycles. The molecule has 0 bridgehead atoms. The molecule has 2 aromatic rings. The van der Waals surface area contributed by atoms with E-state index in [0.29, 0.717) is 12.5 Å². The molecule has 1 saturated carbocycles. The highest BCUT2D eigenvalue weighted by atomic mass is 32.2. The van der Waals surface area contributed by atoms with Crippen molar-refractivity contribution >= 4 is 15.8 Å². The van der Waals surface area contributed by atoms with Crippen molar-refractivity contribution in [1.29, 1.82) is 0 Å². The Morgan fingerprint density at radius 2 is 1.75 bits per heavy atom. The van der Waals surface area contributed by atoms with Gasteiger partial charge in [0.2, 0.25) is 10.0 Å². The summed E-state index contributed by atoms with van der Waals surface area (Å²) < 4.78 is 33.4. The highest BCUT2D eigenvalue weighted by Crippen LogP contribution is 2.35. The Balaban J connectivity index is 1.38. The summed E-state index contributed by atoms with van der Waals surface area (Å²) in [6.07, 6.45) is 7.67. The molecule has 0 amide bonds. The van der Waals surface area contributed by atoms with Crippen molar-refractivity contribution in [3.63, 3.8) is 0 Å². The number of pyridine rings is 1. The SMILES string of the molecule is C[C@@H]1CN(c2ccccn2)CC(COC2CCC(c3ccccc3)CC2)[C@H]1NS(C)(=O)=O. The van der Waals surface area contributed by atoms with Crippen LogP contribution < -0.4 is 9.62 Å². The average molecular weight is 458 g/mol. The first-order valence-corrected chi connectivity index (χ1v) is 13.6. The number of hydrogen-bond acceptors (Lipinski definition) is 5. The fraction of sp³-hybridized carbons (Fsp3) is 0.560. The summed E-state index contributed by atoms with van der Waals surface area (Å²) in [5.41, 5.74) is 1.43. The van der Waals surface area contributed by atoms with Gasteiger partial charge in [-0.1, -0.05) is 43.3 Å². The fourth-order valence-electron chi connectivity index (χ4n) is 5.29. The Bertz CT molecular complexity index is 947. The van der Waals surface area contributed by atoms with Gasteiger partial charge in [0, 0.05) is 31.2 Å². The van der Waals surface area contributed by atoms with Gasteiger partial charge in [-0.15, -0.1) is 0 Å². The molecule has 4 rings (SSSR count). The van der Waals surface area contributed by atoms with Gasteiger partial charge in [0.1, 0.15) is 5.82 Å². The maximum atomic E-state index is 12.0. The van der Waals surface area contributed by atoms with Crippen LogP contribution in [0.3, 0.4) is 0 Å². The molecule has 3 atom stereocenters. The van der Waals surface area contributed by atoms with Gasteiger partial charge in [-0.25, -0.2) is 18.1 Å². The number of aromatic nitrogens is 1. The van der Waals surface area contributed by atoms with Gasteiger partial charge in [-0.3, -0.25) is 0 Å². The van der Waals surface area contributed by atoms with Crippen LogP contribution in [-0.4, -0.2) is 51.5 Å². The maximum Gasteiger partial charge on any atom is 0.208 e. The standard InChI is InChI=1S/C25H35N3O3S/c1-19-16-28(24-10-6-7-15-26-24)17-22(25(19)27-32(2,29)30)18-31-23-13-11-21(12-14-23)20-8-4-3-5-9-20/h3-10,15,19,21-23,25,27H,11-14,16-18H2,1-2H3/t19-,21?,22?,23?,25+/m1/s1. The van der Waals surface area contributed by atoms with Crippen LogP contribution in [0.4, 0.5) is 5.82 Å². The Hall–Kier alpha value is -1.96. The van der Waals surface area contributed by atoms with Gasteiger partial charge in [0.15, 0.2) is 0 Å². The van der Waals surface area contributed by atoms with E-state index in [0.717, 1.165) is 44.6 Å². The Labute approximate surface area is 192 Å². The largest absolute Gasteiger partial charge is 0.378 e. The Morgan fingerprint density at radius 1 is 1.03 bits per heavy atom.